The molecule has 0 aromatic heterocycles. The van der Waals surface area contributed by atoms with Gasteiger partial charge in [-0.3, -0.25) is 4.79 Å². The van der Waals surface area contributed by atoms with Crippen LogP contribution in [0, 0.1) is 5.82 Å². The van der Waals surface area contributed by atoms with Crippen LogP contribution in [0.5, 0.6) is 0 Å². The molecule has 0 spiro atoms. The van der Waals surface area contributed by atoms with Crippen molar-refractivity contribution in [2.45, 2.75) is 25.4 Å². The summed E-state index contributed by atoms with van der Waals surface area (Å²) in [5, 5.41) is 3.65. The highest BCUT2D eigenvalue weighted by Crippen LogP contribution is 2.18. The number of ketones is 1. The quantitative estimate of drug-likeness (QED) is 0.903. The molecule has 2 rings (SSSR count). The average molecular weight is 286 g/mol. The Labute approximate surface area is 117 Å². The van der Waals surface area contributed by atoms with E-state index in [1.807, 2.05) is 0 Å². The van der Waals surface area contributed by atoms with Crippen molar-refractivity contribution in [3.05, 3.63) is 34.6 Å². The van der Waals surface area contributed by atoms with Gasteiger partial charge in [-0.2, -0.15) is 0 Å². The van der Waals surface area contributed by atoms with Crippen molar-refractivity contribution in [1.29, 1.82) is 0 Å². The summed E-state index contributed by atoms with van der Waals surface area (Å²) in [6, 6.07) is 4.04. The highest BCUT2D eigenvalue weighted by molar-refractivity contribution is 6.31. The molecule has 1 aliphatic heterocycles. The second-order valence-corrected chi connectivity index (χ2v) is 5.12. The van der Waals surface area contributed by atoms with Crippen LogP contribution in [0.2, 0.25) is 5.02 Å². The van der Waals surface area contributed by atoms with Gasteiger partial charge in [-0.15, -0.1) is 0 Å². The zero-order valence-electron chi connectivity index (χ0n) is 10.6. The van der Waals surface area contributed by atoms with Crippen LogP contribution in [0.4, 0.5) is 4.39 Å². The lowest BCUT2D eigenvalue weighted by Gasteiger charge is -2.22. The summed E-state index contributed by atoms with van der Waals surface area (Å²) >= 11 is 5.92. The monoisotopic (exact) mass is 285 g/mol. The Kier molecular flexibility index (Phi) is 5.31. The fourth-order valence-electron chi connectivity index (χ4n) is 2.12. The highest BCUT2D eigenvalue weighted by atomic mass is 35.5. The molecule has 0 saturated carbocycles. The molecular weight excluding hydrogens is 269 g/mol. The molecule has 1 aromatic rings. The summed E-state index contributed by atoms with van der Waals surface area (Å²) in [5.41, 5.74) is 0.514. The Bertz CT molecular complexity index is 447. The maximum Gasteiger partial charge on any atom is 0.162 e. The van der Waals surface area contributed by atoms with Crippen LogP contribution >= 0.6 is 11.6 Å². The lowest BCUT2D eigenvalue weighted by molar-refractivity contribution is -0.125. The summed E-state index contributed by atoms with van der Waals surface area (Å²) < 4.78 is 18.6. The van der Waals surface area contributed by atoms with E-state index in [1.165, 1.54) is 18.2 Å². The first-order chi connectivity index (χ1) is 9.15. The minimum atomic E-state index is -0.383. The van der Waals surface area contributed by atoms with Gasteiger partial charge in [-0.1, -0.05) is 11.6 Å². The normalized spacial score (nSPS) is 16.5. The average Bonchev–Trinajstić information content (AvgIpc) is 2.42. The molecule has 0 aliphatic carbocycles. The zero-order valence-corrected chi connectivity index (χ0v) is 11.4. The molecule has 1 aliphatic rings. The molecule has 0 atom stereocenters. The topological polar surface area (TPSA) is 38.3 Å². The van der Waals surface area contributed by atoms with E-state index in [1.54, 1.807) is 0 Å². The van der Waals surface area contributed by atoms with E-state index in [0.717, 1.165) is 25.9 Å². The van der Waals surface area contributed by atoms with Crippen molar-refractivity contribution in [2.24, 2.45) is 0 Å². The SMILES string of the molecule is O=C(COC1CCNCC1)Cc1cc(F)ccc1Cl. The first kappa shape index (κ1) is 14.4. The Morgan fingerprint density at radius 1 is 1.42 bits per heavy atom. The molecule has 0 bridgehead atoms. The molecule has 1 saturated heterocycles. The first-order valence-electron chi connectivity index (χ1n) is 6.43. The van der Waals surface area contributed by atoms with E-state index in [0.29, 0.717) is 10.6 Å². The minimum absolute atomic E-state index is 0.0670. The van der Waals surface area contributed by atoms with Crippen molar-refractivity contribution in [3.8, 4) is 0 Å². The summed E-state index contributed by atoms with van der Waals surface area (Å²) in [6.45, 7) is 1.92. The number of Topliss-reactive ketones (excluding diaryl/α,β-unsaturated/α-hetero) is 1. The van der Waals surface area contributed by atoms with E-state index in [2.05, 4.69) is 5.32 Å². The van der Waals surface area contributed by atoms with Crippen LogP contribution in [0.1, 0.15) is 18.4 Å². The van der Waals surface area contributed by atoms with E-state index in [9.17, 15) is 9.18 Å². The molecule has 19 heavy (non-hydrogen) atoms. The molecule has 0 radical (unpaired) electrons. The number of rotatable bonds is 5. The van der Waals surface area contributed by atoms with Crippen molar-refractivity contribution >= 4 is 17.4 Å². The number of piperidine rings is 1. The molecule has 1 fully saturated rings. The van der Waals surface area contributed by atoms with Crippen molar-refractivity contribution in [2.75, 3.05) is 19.7 Å². The van der Waals surface area contributed by atoms with Crippen LogP contribution < -0.4 is 5.32 Å². The Hall–Kier alpha value is -0.970. The van der Waals surface area contributed by atoms with Crippen molar-refractivity contribution in [1.82, 2.24) is 5.32 Å². The van der Waals surface area contributed by atoms with Gasteiger partial charge in [-0.25, -0.2) is 4.39 Å². The first-order valence-corrected chi connectivity index (χ1v) is 6.81. The third-order valence-corrected chi connectivity index (χ3v) is 3.53. The molecule has 3 nitrogen and oxygen atoms in total. The number of carbonyl (C=O) groups excluding carboxylic acids is 1. The zero-order chi connectivity index (χ0) is 13.7. The van der Waals surface area contributed by atoms with E-state index in [-0.39, 0.29) is 30.7 Å². The van der Waals surface area contributed by atoms with Crippen LogP contribution in [0.25, 0.3) is 0 Å². The van der Waals surface area contributed by atoms with Gasteiger partial charge in [0.15, 0.2) is 5.78 Å². The maximum atomic E-state index is 13.1. The van der Waals surface area contributed by atoms with Gasteiger partial charge >= 0.3 is 0 Å². The molecule has 1 aromatic carbocycles. The fourth-order valence-corrected chi connectivity index (χ4v) is 2.30. The van der Waals surface area contributed by atoms with Crippen LogP contribution in [0.3, 0.4) is 0 Å². The smallest absolute Gasteiger partial charge is 0.162 e. The Morgan fingerprint density at radius 3 is 2.89 bits per heavy atom. The molecular formula is C14H17ClFNO2. The standard InChI is InChI=1S/C14H17ClFNO2/c15-14-2-1-11(16)7-10(14)8-12(18)9-19-13-3-5-17-6-4-13/h1-2,7,13,17H,3-6,8-9H2. The summed E-state index contributed by atoms with van der Waals surface area (Å²) in [7, 11) is 0. The summed E-state index contributed by atoms with van der Waals surface area (Å²) in [5.74, 6) is -0.461. The molecule has 104 valence electrons. The summed E-state index contributed by atoms with van der Waals surface area (Å²) in [4.78, 5) is 11.8. The Balaban J connectivity index is 1.81. The number of hydrogen-bond donors (Lipinski definition) is 1. The van der Waals surface area contributed by atoms with Gasteiger partial charge in [0.05, 0.1) is 6.10 Å². The van der Waals surface area contributed by atoms with Gasteiger partial charge in [0.25, 0.3) is 0 Å². The number of carbonyl (C=O) groups is 1. The number of hydrogen-bond acceptors (Lipinski definition) is 3. The second kappa shape index (κ2) is 6.98. The maximum absolute atomic E-state index is 13.1. The van der Waals surface area contributed by atoms with Gasteiger partial charge in [0.1, 0.15) is 12.4 Å². The molecule has 0 unspecified atom stereocenters. The molecule has 0 amide bonds. The van der Waals surface area contributed by atoms with Gasteiger partial charge in [-0.05, 0) is 49.7 Å². The molecule has 5 heteroatoms. The summed E-state index contributed by atoms with van der Waals surface area (Å²) in [6.07, 6.45) is 2.11. The molecule has 1 heterocycles. The van der Waals surface area contributed by atoms with Crippen LogP contribution in [-0.4, -0.2) is 31.6 Å². The number of halogens is 2. The Morgan fingerprint density at radius 2 is 2.16 bits per heavy atom. The highest BCUT2D eigenvalue weighted by Gasteiger charge is 2.15. The molecule has 1 N–H and O–H groups in total. The van der Waals surface area contributed by atoms with Gasteiger partial charge in [0, 0.05) is 11.4 Å². The van der Waals surface area contributed by atoms with Crippen molar-refractivity contribution < 1.29 is 13.9 Å². The van der Waals surface area contributed by atoms with Crippen LogP contribution in [0.15, 0.2) is 18.2 Å². The van der Waals surface area contributed by atoms with Crippen molar-refractivity contribution in [3.63, 3.8) is 0 Å². The fraction of sp³-hybridized carbons (Fsp3) is 0.500. The number of nitrogens with one attached hydrogen (secondary N) is 1. The number of benzene rings is 1. The minimum Gasteiger partial charge on any atom is -0.370 e. The van der Waals surface area contributed by atoms with Gasteiger partial charge < -0.3 is 10.1 Å². The predicted molar refractivity (Wildman–Crippen MR) is 72.0 cm³/mol. The van der Waals surface area contributed by atoms with E-state index >= 15 is 0 Å². The lowest BCUT2D eigenvalue weighted by Crippen LogP contribution is -2.33. The lowest BCUT2D eigenvalue weighted by atomic mass is 10.1. The van der Waals surface area contributed by atoms with Crippen LogP contribution in [-0.2, 0) is 16.0 Å². The van der Waals surface area contributed by atoms with E-state index < -0.39 is 0 Å². The third-order valence-electron chi connectivity index (χ3n) is 3.16. The van der Waals surface area contributed by atoms with E-state index in [4.69, 9.17) is 16.3 Å². The van der Waals surface area contributed by atoms with Gasteiger partial charge in [0.2, 0.25) is 0 Å². The second-order valence-electron chi connectivity index (χ2n) is 4.71. The predicted octanol–water partition coefficient (Wildman–Crippen LogP) is 2.36. The number of ether oxygens (including phenoxy) is 1. The third kappa shape index (κ3) is 4.56. The largest absolute Gasteiger partial charge is 0.370 e.